The molecule has 3 heteroatoms. The molecule has 0 saturated carbocycles. The summed E-state index contributed by atoms with van der Waals surface area (Å²) in [6, 6.07) is 61.5. The molecule has 3 heterocycles. The Kier molecular flexibility index (Phi) is 5.57. The summed E-state index contributed by atoms with van der Waals surface area (Å²) < 4.78 is 7.10. The molecule has 10 rings (SSSR count). The van der Waals surface area contributed by atoms with Crippen molar-refractivity contribution < 1.29 is 0 Å². The molecule has 0 aliphatic carbocycles. The Morgan fingerprint density at radius 3 is 1.53 bits per heavy atom. The molecule has 0 atom stereocenters. The number of benzene rings is 7. The molecule has 0 spiro atoms. The molecule has 7 aromatic carbocycles. The van der Waals surface area contributed by atoms with Gasteiger partial charge in [0.2, 0.25) is 0 Å². The molecule has 0 fully saturated rings. The molecule has 0 N–H and O–H groups in total. The maximum Gasteiger partial charge on any atom is 0.0562 e. The van der Waals surface area contributed by atoms with E-state index >= 15 is 0 Å². The third-order valence-electron chi connectivity index (χ3n) is 9.67. The number of para-hydroxylation sites is 3. The van der Waals surface area contributed by atoms with Crippen LogP contribution in [0.3, 0.4) is 0 Å². The van der Waals surface area contributed by atoms with Crippen LogP contribution in [0.2, 0.25) is 0 Å². The molecule has 0 radical (unpaired) electrons. The van der Waals surface area contributed by atoms with Crippen LogP contribution in [0.5, 0.6) is 0 Å². The van der Waals surface area contributed by atoms with Crippen molar-refractivity contribution in [1.29, 1.82) is 0 Å². The fourth-order valence-corrected chi connectivity index (χ4v) is 7.50. The Balaban J connectivity index is 1.17. The van der Waals surface area contributed by atoms with E-state index in [2.05, 4.69) is 190 Å². The van der Waals surface area contributed by atoms with Crippen LogP contribution in [0.15, 0.2) is 176 Å². The summed E-state index contributed by atoms with van der Waals surface area (Å²) in [4.78, 5) is 0. The highest BCUT2D eigenvalue weighted by Gasteiger charge is 2.17. The molecule has 3 nitrogen and oxygen atoms in total. The maximum absolute atomic E-state index is 2.41. The summed E-state index contributed by atoms with van der Waals surface area (Å²) in [5, 5.41) is 6.28. The average Bonchev–Trinajstić information content (AvgIpc) is 3.81. The zero-order chi connectivity index (χ0) is 30.9. The molecule has 0 aliphatic rings. The van der Waals surface area contributed by atoms with Crippen molar-refractivity contribution >= 4 is 54.5 Å². The molecular weight excluding hydrogens is 571 g/mol. The first-order valence-electron chi connectivity index (χ1n) is 16.1. The van der Waals surface area contributed by atoms with Crippen molar-refractivity contribution in [2.75, 3.05) is 0 Å². The van der Waals surface area contributed by atoms with Crippen molar-refractivity contribution in [1.82, 2.24) is 13.7 Å². The average molecular weight is 600 g/mol. The van der Waals surface area contributed by atoms with E-state index in [0.29, 0.717) is 0 Å². The van der Waals surface area contributed by atoms with Gasteiger partial charge in [-0.15, -0.1) is 0 Å². The van der Waals surface area contributed by atoms with Crippen molar-refractivity contribution in [3.05, 3.63) is 176 Å². The van der Waals surface area contributed by atoms with E-state index in [0.717, 1.165) is 17.1 Å². The molecule has 3 aromatic heterocycles. The van der Waals surface area contributed by atoms with Gasteiger partial charge in [-0.05, 0) is 83.9 Å². The fourth-order valence-electron chi connectivity index (χ4n) is 7.50. The maximum atomic E-state index is 2.41. The molecular formula is C44H29N3. The molecule has 0 amide bonds. The summed E-state index contributed by atoms with van der Waals surface area (Å²) >= 11 is 0. The van der Waals surface area contributed by atoms with E-state index in [1.54, 1.807) is 0 Å². The summed E-state index contributed by atoms with van der Waals surface area (Å²) in [6.45, 7) is 0. The topological polar surface area (TPSA) is 14.8 Å². The quantitative estimate of drug-likeness (QED) is 0.191. The minimum absolute atomic E-state index is 1.14. The monoisotopic (exact) mass is 599 g/mol. The number of aromatic nitrogens is 3. The lowest BCUT2D eigenvalue weighted by Crippen LogP contribution is -1.98. The number of rotatable bonds is 4. The zero-order valence-electron chi connectivity index (χ0n) is 25.6. The van der Waals surface area contributed by atoms with Gasteiger partial charge in [0.25, 0.3) is 0 Å². The van der Waals surface area contributed by atoms with Gasteiger partial charge in [0, 0.05) is 50.2 Å². The number of nitrogens with zero attached hydrogens (tertiary/aromatic N) is 3. The van der Waals surface area contributed by atoms with Gasteiger partial charge >= 0.3 is 0 Å². The summed E-state index contributed by atoms with van der Waals surface area (Å²) in [6.07, 6.45) is 2.18. The van der Waals surface area contributed by atoms with Gasteiger partial charge in [-0.1, -0.05) is 97.1 Å². The molecule has 10 aromatic rings. The van der Waals surface area contributed by atoms with E-state index < -0.39 is 0 Å². The second-order valence-corrected chi connectivity index (χ2v) is 12.3. The Bertz CT molecular complexity index is 2760. The molecule has 0 unspecified atom stereocenters. The van der Waals surface area contributed by atoms with E-state index in [-0.39, 0.29) is 0 Å². The Morgan fingerprint density at radius 1 is 0.298 bits per heavy atom. The summed E-state index contributed by atoms with van der Waals surface area (Å²) in [7, 11) is 0. The van der Waals surface area contributed by atoms with Crippen LogP contribution in [0.1, 0.15) is 0 Å². The first-order chi connectivity index (χ1) is 23.3. The van der Waals surface area contributed by atoms with Gasteiger partial charge in [0.15, 0.2) is 0 Å². The first-order valence-corrected chi connectivity index (χ1v) is 16.1. The SMILES string of the molecule is c1ccc(-c2ccc3c4ccccc4n(-c4ccc(-n5c6ccccc6c6cc7ccn(-c8ccccc8)c7cc65)cc4)c3c2)cc1. The van der Waals surface area contributed by atoms with Crippen LogP contribution in [0, 0.1) is 0 Å². The minimum Gasteiger partial charge on any atom is -0.316 e. The third-order valence-corrected chi connectivity index (χ3v) is 9.67. The Labute approximate surface area is 271 Å². The Morgan fingerprint density at radius 2 is 0.851 bits per heavy atom. The van der Waals surface area contributed by atoms with Crippen molar-refractivity contribution in [2.45, 2.75) is 0 Å². The van der Waals surface area contributed by atoms with Gasteiger partial charge in [-0.2, -0.15) is 0 Å². The van der Waals surface area contributed by atoms with Crippen LogP contribution >= 0.6 is 0 Å². The van der Waals surface area contributed by atoms with Gasteiger partial charge in [0.05, 0.1) is 27.6 Å². The van der Waals surface area contributed by atoms with Crippen LogP contribution in [0.25, 0.3) is 82.7 Å². The van der Waals surface area contributed by atoms with E-state index in [4.69, 9.17) is 0 Å². The summed E-state index contributed by atoms with van der Waals surface area (Å²) in [5.74, 6) is 0. The molecule has 0 aliphatic heterocycles. The van der Waals surface area contributed by atoms with Gasteiger partial charge in [0.1, 0.15) is 0 Å². The van der Waals surface area contributed by atoms with E-state index in [9.17, 15) is 0 Å². The summed E-state index contributed by atoms with van der Waals surface area (Å²) in [5.41, 5.74) is 11.9. The Hall–Kier alpha value is -6.32. The minimum atomic E-state index is 1.14. The second kappa shape index (κ2) is 10.1. The first kappa shape index (κ1) is 26.0. The zero-order valence-corrected chi connectivity index (χ0v) is 25.6. The predicted molar refractivity (Wildman–Crippen MR) is 197 cm³/mol. The normalized spacial score (nSPS) is 11.8. The lowest BCUT2D eigenvalue weighted by molar-refractivity contribution is 1.12. The standard InChI is InChI=1S/C44H29N3/c1-3-11-30(12-4-1)31-19-24-38-36-15-7-9-17-40(36)46(43(38)28-31)34-20-22-35(23-21-34)47-41-18-10-8-16-37(41)39-27-32-25-26-45(42(32)29-44(39)47)33-13-5-2-6-14-33/h1-29H. The molecule has 0 bridgehead atoms. The van der Waals surface area contributed by atoms with Gasteiger partial charge < -0.3 is 13.7 Å². The van der Waals surface area contributed by atoms with Crippen molar-refractivity contribution in [3.63, 3.8) is 0 Å². The van der Waals surface area contributed by atoms with Gasteiger partial charge in [-0.3, -0.25) is 0 Å². The highest BCUT2D eigenvalue weighted by atomic mass is 15.0. The third kappa shape index (κ3) is 3.93. The number of hydrogen-bond donors (Lipinski definition) is 0. The van der Waals surface area contributed by atoms with Crippen LogP contribution in [0.4, 0.5) is 0 Å². The molecule has 47 heavy (non-hydrogen) atoms. The molecule has 0 saturated heterocycles. The smallest absolute Gasteiger partial charge is 0.0562 e. The van der Waals surface area contributed by atoms with Gasteiger partial charge in [-0.25, -0.2) is 0 Å². The second-order valence-electron chi connectivity index (χ2n) is 12.3. The number of fused-ring (bicyclic) bond motifs is 7. The van der Waals surface area contributed by atoms with E-state index in [1.165, 1.54) is 65.6 Å². The molecule has 220 valence electrons. The van der Waals surface area contributed by atoms with Crippen molar-refractivity contribution in [3.8, 4) is 28.2 Å². The predicted octanol–water partition coefficient (Wildman–Crippen LogP) is 11.5. The van der Waals surface area contributed by atoms with Crippen LogP contribution in [-0.2, 0) is 0 Å². The lowest BCUT2D eigenvalue weighted by atomic mass is 10.0. The van der Waals surface area contributed by atoms with Crippen molar-refractivity contribution in [2.24, 2.45) is 0 Å². The van der Waals surface area contributed by atoms with Crippen LogP contribution < -0.4 is 0 Å². The lowest BCUT2D eigenvalue weighted by Gasteiger charge is -2.12. The largest absolute Gasteiger partial charge is 0.316 e. The number of hydrogen-bond acceptors (Lipinski definition) is 0. The highest BCUT2D eigenvalue weighted by Crippen LogP contribution is 2.38. The highest BCUT2D eigenvalue weighted by molar-refractivity contribution is 6.14. The van der Waals surface area contributed by atoms with E-state index in [1.807, 2.05) is 0 Å². The van der Waals surface area contributed by atoms with Crippen LogP contribution in [-0.4, -0.2) is 13.7 Å². The fraction of sp³-hybridized carbons (Fsp3) is 0.